The molecule has 1 aliphatic carbocycles. The number of carboxylic acids is 1. The summed E-state index contributed by atoms with van der Waals surface area (Å²) in [4.78, 5) is 37.3. The summed E-state index contributed by atoms with van der Waals surface area (Å²) in [6.45, 7) is 3.75. The first-order valence-corrected chi connectivity index (χ1v) is 11.1. The number of fused-ring (bicyclic) bond motifs is 3. The van der Waals surface area contributed by atoms with Gasteiger partial charge >= 0.3 is 12.1 Å². The molecule has 1 saturated heterocycles. The van der Waals surface area contributed by atoms with Crippen LogP contribution in [-0.4, -0.2) is 54.5 Å². The Balaban J connectivity index is 1.45. The molecule has 1 aliphatic heterocycles. The van der Waals surface area contributed by atoms with Crippen LogP contribution in [0.2, 0.25) is 0 Å². The SMILES string of the molecule is CC(C)[C@@H](NC(=O)C1(NC(=O)OCC2c3ccccc3-c3ccccc32)CCOC1)C(=O)O. The smallest absolute Gasteiger partial charge is 0.408 e. The minimum Gasteiger partial charge on any atom is -0.480 e. The largest absolute Gasteiger partial charge is 0.480 e. The second kappa shape index (κ2) is 9.23. The molecule has 2 aromatic carbocycles. The van der Waals surface area contributed by atoms with Gasteiger partial charge in [0, 0.05) is 18.9 Å². The van der Waals surface area contributed by atoms with Gasteiger partial charge in [-0.25, -0.2) is 9.59 Å². The van der Waals surface area contributed by atoms with Crippen molar-refractivity contribution in [2.75, 3.05) is 19.8 Å². The molecule has 0 saturated carbocycles. The molecule has 2 aliphatic rings. The minimum atomic E-state index is -1.37. The summed E-state index contributed by atoms with van der Waals surface area (Å²) < 4.78 is 11.0. The van der Waals surface area contributed by atoms with Gasteiger partial charge < -0.3 is 25.2 Å². The molecule has 2 amide bonds. The van der Waals surface area contributed by atoms with Gasteiger partial charge in [-0.1, -0.05) is 62.4 Å². The first-order valence-electron chi connectivity index (χ1n) is 11.1. The van der Waals surface area contributed by atoms with Crippen LogP contribution in [0.25, 0.3) is 11.1 Å². The molecule has 0 bridgehead atoms. The fraction of sp³-hybridized carbons (Fsp3) is 0.400. The van der Waals surface area contributed by atoms with Crippen LogP contribution in [0.1, 0.15) is 37.3 Å². The van der Waals surface area contributed by atoms with Crippen molar-refractivity contribution in [1.29, 1.82) is 0 Å². The van der Waals surface area contributed by atoms with Crippen LogP contribution in [0, 0.1) is 5.92 Å². The molecule has 1 unspecified atom stereocenters. The van der Waals surface area contributed by atoms with Gasteiger partial charge in [0.1, 0.15) is 18.2 Å². The van der Waals surface area contributed by atoms with E-state index in [1.54, 1.807) is 13.8 Å². The van der Waals surface area contributed by atoms with Crippen LogP contribution >= 0.6 is 0 Å². The molecule has 33 heavy (non-hydrogen) atoms. The van der Waals surface area contributed by atoms with Crippen LogP contribution in [0.3, 0.4) is 0 Å². The molecular formula is C25H28N2O6. The number of rotatable bonds is 7. The summed E-state index contributed by atoms with van der Waals surface area (Å²) in [6.07, 6.45) is -0.512. The van der Waals surface area contributed by atoms with E-state index in [0.29, 0.717) is 0 Å². The Bertz CT molecular complexity index is 1010. The van der Waals surface area contributed by atoms with Crippen molar-refractivity contribution in [3.8, 4) is 11.1 Å². The zero-order chi connectivity index (χ0) is 23.6. The van der Waals surface area contributed by atoms with Crippen LogP contribution in [0.4, 0.5) is 4.79 Å². The standard InChI is InChI=1S/C25H28N2O6/c1-15(2)21(22(28)29)26-23(30)25(11-12-32-14-25)27-24(31)33-13-20-18-9-5-3-7-16(18)17-8-4-6-10-19(17)20/h3-10,15,20-21H,11-14H2,1-2H3,(H,26,30)(H,27,31)(H,28,29)/t21-,25?/m1/s1. The third kappa shape index (κ3) is 4.43. The fourth-order valence-corrected chi connectivity index (χ4v) is 4.52. The molecule has 8 heteroatoms. The second-order valence-corrected chi connectivity index (χ2v) is 8.87. The number of carbonyl (C=O) groups is 3. The maximum Gasteiger partial charge on any atom is 0.408 e. The Morgan fingerprint density at radius 2 is 1.70 bits per heavy atom. The maximum atomic E-state index is 13.0. The Hall–Kier alpha value is -3.39. The highest BCUT2D eigenvalue weighted by Crippen LogP contribution is 2.44. The zero-order valence-corrected chi connectivity index (χ0v) is 18.7. The minimum absolute atomic E-state index is 0.0482. The van der Waals surface area contributed by atoms with E-state index in [2.05, 4.69) is 22.8 Å². The number of amides is 2. The summed E-state index contributed by atoms with van der Waals surface area (Å²) in [6, 6.07) is 15.0. The quantitative estimate of drug-likeness (QED) is 0.595. The Morgan fingerprint density at radius 1 is 1.09 bits per heavy atom. The van der Waals surface area contributed by atoms with E-state index in [1.165, 1.54) is 0 Å². The number of benzene rings is 2. The lowest BCUT2D eigenvalue weighted by Gasteiger charge is -2.29. The molecule has 1 heterocycles. The van der Waals surface area contributed by atoms with E-state index >= 15 is 0 Å². The van der Waals surface area contributed by atoms with E-state index in [4.69, 9.17) is 9.47 Å². The summed E-state index contributed by atoms with van der Waals surface area (Å²) in [5.74, 6) is -2.14. The molecular weight excluding hydrogens is 424 g/mol. The second-order valence-electron chi connectivity index (χ2n) is 8.87. The van der Waals surface area contributed by atoms with Gasteiger partial charge in [0.05, 0.1) is 6.61 Å². The molecule has 4 rings (SSSR count). The summed E-state index contributed by atoms with van der Waals surface area (Å²) >= 11 is 0. The van der Waals surface area contributed by atoms with Crippen LogP contribution in [-0.2, 0) is 19.1 Å². The number of aliphatic carboxylic acids is 1. The lowest BCUT2D eigenvalue weighted by molar-refractivity contribution is -0.144. The Morgan fingerprint density at radius 3 is 2.21 bits per heavy atom. The van der Waals surface area contributed by atoms with Crippen molar-refractivity contribution >= 4 is 18.0 Å². The third-order valence-electron chi connectivity index (χ3n) is 6.36. The van der Waals surface area contributed by atoms with Crippen molar-refractivity contribution in [2.45, 2.75) is 37.8 Å². The summed E-state index contributed by atoms with van der Waals surface area (Å²) in [5, 5.41) is 14.6. The number of alkyl carbamates (subject to hydrolysis) is 1. The van der Waals surface area contributed by atoms with Crippen LogP contribution < -0.4 is 10.6 Å². The molecule has 2 aromatic rings. The first-order chi connectivity index (χ1) is 15.8. The van der Waals surface area contributed by atoms with Crippen molar-refractivity contribution in [1.82, 2.24) is 10.6 Å². The number of nitrogens with one attached hydrogen (secondary N) is 2. The molecule has 3 N–H and O–H groups in total. The Labute approximate surface area is 192 Å². The Kier molecular flexibility index (Phi) is 6.37. The summed E-state index contributed by atoms with van der Waals surface area (Å²) in [7, 11) is 0. The molecule has 2 atom stereocenters. The maximum absolute atomic E-state index is 13.0. The van der Waals surface area contributed by atoms with E-state index < -0.39 is 29.6 Å². The number of carboxylic acid groups (broad SMARTS) is 1. The van der Waals surface area contributed by atoms with Gasteiger partial charge in [-0.2, -0.15) is 0 Å². The predicted molar refractivity (Wildman–Crippen MR) is 121 cm³/mol. The monoisotopic (exact) mass is 452 g/mol. The normalized spacial score (nSPS) is 20.1. The number of ether oxygens (including phenoxy) is 2. The first kappa shape index (κ1) is 22.8. The van der Waals surface area contributed by atoms with Gasteiger partial charge in [0.2, 0.25) is 5.91 Å². The van der Waals surface area contributed by atoms with E-state index in [9.17, 15) is 19.5 Å². The zero-order valence-electron chi connectivity index (χ0n) is 18.7. The van der Waals surface area contributed by atoms with Crippen molar-refractivity contribution in [3.63, 3.8) is 0 Å². The fourth-order valence-electron chi connectivity index (χ4n) is 4.52. The highest BCUT2D eigenvalue weighted by atomic mass is 16.6. The van der Waals surface area contributed by atoms with Gasteiger partial charge in [0.25, 0.3) is 0 Å². The van der Waals surface area contributed by atoms with Crippen LogP contribution in [0.5, 0.6) is 0 Å². The van der Waals surface area contributed by atoms with E-state index in [1.807, 2.05) is 36.4 Å². The lowest BCUT2D eigenvalue weighted by Crippen LogP contribution is -2.62. The van der Waals surface area contributed by atoms with Crippen molar-refractivity contribution in [3.05, 3.63) is 59.7 Å². The topological polar surface area (TPSA) is 114 Å². The molecule has 174 valence electrons. The molecule has 0 aromatic heterocycles. The van der Waals surface area contributed by atoms with E-state index in [0.717, 1.165) is 22.3 Å². The predicted octanol–water partition coefficient (Wildman–Crippen LogP) is 2.91. The molecule has 8 nitrogen and oxygen atoms in total. The lowest BCUT2D eigenvalue weighted by atomic mass is 9.95. The van der Waals surface area contributed by atoms with Gasteiger partial charge in [0.15, 0.2) is 0 Å². The average Bonchev–Trinajstić information content (AvgIpc) is 3.39. The van der Waals surface area contributed by atoms with Gasteiger partial charge in [-0.15, -0.1) is 0 Å². The third-order valence-corrected chi connectivity index (χ3v) is 6.36. The average molecular weight is 453 g/mol. The molecule has 0 radical (unpaired) electrons. The van der Waals surface area contributed by atoms with Gasteiger partial charge in [-0.05, 0) is 28.2 Å². The molecule has 0 spiro atoms. The number of carbonyl (C=O) groups excluding carboxylic acids is 2. The summed E-state index contributed by atoms with van der Waals surface area (Å²) in [5.41, 5.74) is 3.05. The number of hydrogen-bond acceptors (Lipinski definition) is 5. The highest BCUT2D eigenvalue weighted by molar-refractivity contribution is 5.93. The van der Waals surface area contributed by atoms with Crippen molar-refractivity contribution in [2.24, 2.45) is 5.92 Å². The van der Waals surface area contributed by atoms with Crippen LogP contribution in [0.15, 0.2) is 48.5 Å². The highest BCUT2D eigenvalue weighted by Gasteiger charge is 2.46. The number of hydrogen-bond donors (Lipinski definition) is 3. The molecule has 1 fully saturated rings. The van der Waals surface area contributed by atoms with E-state index in [-0.39, 0.29) is 38.1 Å². The van der Waals surface area contributed by atoms with Crippen molar-refractivity contribution < 1.29 is 29.0 Å². The van der Waals surface area contributed by atoms with Gasteiger partial charge in [-0.3, -0.25) is 4.79 Å².